The van der Waals surface area contributed by atoms with E-state index in [1.165, 1.54) is 16.5 Å². The van der Waals surface area contributed by atoms with Crippen LogP contribution in [0.1, 0.15) is 17.2 Å². The second-order valence-corrected chi connectivity index (χ2v) is 4.42. The van der Waals surface area contributed by atoms with E-state index in [2.05, 4.69) is 33.5 Å². The summed E-state index contributed by atoms with van der Waals surface area (Å²) >= 11 is 0. The normalized spacial score (nSPS) is 12.5. The lowest BCUT2D eigenvalue weighted by Gasteiger charge is -2.18. The summed E-state index contributed by atoms with van der Waals surface area (Å²) in [5.41, 5.74) is 3.46. The van der Waals surface area contributed by atoms with Crippen LogP contribution >= 0.6 is 0 Å². The largest absolute Gasteiger partial charge is 0.309 e. The first-order valence-corrected chi connectivity index (χ1v) is 6.31. The molecule has 0 fully saturated rings. The zero-order chi connectivity index (χ0) is 13.1. The van der Waals surface area contributed by atoms with Crippen LogP contribution in [0.2, 0.25) is 0 Å². The average Bonchev–Trinajstić information content (AvgIpc) is 2.49. The number of pyridine rings is 2. The molecule has 0 saturated heterocycles. The third kappa shape index (κ3) is 2.20. The molecular formula is C16H15N3. The minimum Gasteiger partial charge on any atom is -0.309 e. The highest BCUT2D eigenvalue weighted by Gasteiger charge is 2.14. The van der Waals surface area contributed by atoms with E-state index in [-0.39, 0.29) is 6.04 Å². The maximum atomic E-state index is 4.41. The zero-order valence-electron chi connectivity index (χ0n) is 10.7. The minimum atomic E-state index is 0.149. The van der Waals surface area contributed by atoms with Gasteiger partial charge in [-0.3, -0.25) is 9.97 Å². The summed E-state index contributed by atoms with van der Waals surface area (Å²) in [6, 6.07) is 14.6. The van der Waals surface area contributed by atoms with Crippen LogP contribution in [0.15, 0.2) is 61.1 Å². The topological polar surface area (TPSA) is 37.8 Å². The van der Waals surface area contributed by atoms with Gasteiger partial charge in [0.15, 0.2) is 0 Å². The molecular weight excluding hydrogens is 234 g/mol. The maximum absolute atomic E-state index is 4.41. The van der Waals surface area contributed by atoms with Crippen molar-refractivity contribution in [1.29, 1.82) is 0 Å². The van der Waals surface area contributed by atoms with Crippen LogP contribution in [0.3, 0.4) is 0 Å². The molecule has 3 nitrogen and oxygen atoms in total. The van der Waals surface area contributed by atoms with Crippen LogP contribution in [0.4, 0.5) is 0 Å². The molecule has 0 aliphatic rings. The van der Waals surface area contributed by atoms with Crippen LogP contribution in [0.5, 0.6) is 0 Å². The van der Waals surface area contributed by atoms with Crippen molar-refractivity contribution in [2.24, 2.45) is 0 Å². The highest BCUT2D eigenvalue weighted by Crippen LogP contribution is 2.27. The Kier molecular flexibility index (Phi) is 3.21. The number of benzene rings is 1. The van der Waals surface area contributed by atoms with Gasteiger partial charge in [0.25, 0.3) is 0 Å². The van der Waals surface area contributed by atoms with Crippen LogP contribution in [-0.4, -0.2) is 17.0 Å². The Labute approximate surface area is 112 Å². The van der Waals surface area contributed by atoms with Gasteiger partial charge in [-0.25, -0.2) is 0 Å². The lowest BCUT2D eigenvalue weighted by Crippen LogP contribution is -2.18. The number of nitrogens with one attached hydrogen (secondary N) is 1. The summed E-state index contributed by atoms with van der Waals surface area (Å²) in [7, 11) is 1.97. The number of rotatable bonds is 3. The predicted molar refractivity (Wildman–Crippen MR) is 76.9 cm³/mol. The Morgan fingerprint density at radius 1 is 0.947 bits per heavy atom. The van der Waals surface area contributed by atoms with Crippen molar-refractivity contribution in [2.45, 2.75) is 6.04 Å². The van der Waals surface area contributed by atoms with Gasteiger partial charge in [-0.2, -0.15) is 0 Å². The quantitative estimate of drug-likeness (QED) is 0.775. The summed E-state index contributed by atoms with van der Waals surface area (Å²) in [6.45, 7) is 0. The van der Waals surface area contributed by atoms with Crippen molar-refractivity contribution in [3.8, 4) is 0 Å². The molecule has 0 spiro atoms. The van der Waals surface area contributed by atoms with E-state index in [1.807, 2.05) is 49.9 Å². The van der Waals surface area contributed by atoms with Gasteiger partial charge in [-0.05, 0) is 42.4 Å². The average molecular weight is 249 g/mol. The molecule has 1 atom stereocenters. The molecule has 0 bridgehead atoms. The third-order valence-electron chi connectivity index (χ3n) is 3.32. The number of hydrogen-bond acceptors (Lipinski definition) is 3. The molecule has 2 aromatic heterocycles. The Hall–Kier alpha value is -2.26. The molecule has 1 unspecified atom stereocenters. The molecule has 94 valence electrons. The number of hydrogen-bond donors (Lipinski definition) is 1. The van der Waals surface area contributed by atoms with Crippen molar-refractivity contribution < 1.29 is 0 Å². The van der Waals surface area contributed by atoms with Crippen molar-refractivity contribution >= 4 is 10.9 Å². The molecule has 19 heavy (non-hydrogen) atoms. The lowest BCUT2D eigenvalue weighted by atomic mass is 9.96. The molecule has 1 N–H and O–H groups in total. The number of fused-ring (bicyclic) bond motifs is 1. The van der Waals surface area contributed by atoms with Gasteiger partial charge in [-0.1, -0.05) is 18.2 Å². The molecule has 0 aliphatic carbocycles. The SMILES string of the molecule is CNC(c1ccncc1)c1cccc2ncccc12. The van der Waals surface area contributed by atoms with Crippen LogP contribution in [0, 0.1) is 0 Å². The number of nitrogens with zero attached hydrogens (tertiary/aromatic N) is 2. The number of aromatic nitrogens is 2. The van der Waals surface area contributed by atoms with E-state index in [4.69, 9.17) is 0 Å². The van der Waals surface area contributed by atoms with E-state index >= 15 is 0 Å². The Morgan fingerprint density at radius 3 is 2.58 bits per heavy atom. The van der Waals surface area contributed by atoms with Crippen molar-refractivity contribution in [3.63, 3.8) is 0 Å². The van der Waals surface area contributed by atoms with Gasteiger partial charge >= 0.3 is 0 Å². The fraction of sp³-hybridized carbons (Fsp3) is 0.125. The maximum Gasteiger partial charge on any atom is 0.0705 e. The van der Waals surface area contributed by atoms with E-state index in [0.717, 1.165) is 5.52 Å². The molecule has 0 amide bonds. The molecule has 3 rings (SSSR count). The zero-order valence-corrected chi connectivity index (χ0v) is 10.7. The Balaban J connectivity index is 2.17. The highest BCUT2D eigenvalue weighted by atomic mass is 14.9. The van der Waals surface area contributed by atoms with Gasteiger partial charge in [0.2, 0.25) is 0 Å². The fourth-order valence-electron chi connectivity index (χ4n) is 2.44. The summed E-state index contributed by atoms with van der Waals surface area (Å²) in [4.78, 5) is 8.49. The van der Waals surface area contributed by atoms with Crippen molar-refractivity contribution in [3.05, 3.63) is 72.2 Å². The minimum absolute atomic E-state index is 0.149. The highest BCUT2D eigenvalue weighted by molar-refractivity contribution is 5.82. The summed E-state index contributed by atoms with van der Waals surface area (Å²) in [5.74, 6) is 0. The lowest BCUT2D eigenvalue weighted by molar-refractivity contribution is 0.695. The van der Waals surface area contributed by atoms with Gasteiger partial charge in [0.1, 0.15) is 0 Å². The molecule has 0 saturated carbocycles. The van der Waals surface area contributed by atoms with Gasteiger partial charge in [-0.15, -0.1) is 0 Å². The van der Waals surface area contributed by atoms with Crippen LogP contribution in [-0.2, 0) is 0 Å². The fourth-order valence-corrected chi connectivity index (χ4v) is 2.44. The molecule has 3 heteroatoms. The standard InChI is InChI=1S/C16H15N3/c1-17-16(12-7-10-18-11-8-12)14-4-2-6-15-13(14)5-3-9-19-15/h2-11,16-17H,1H3. The second-order valence-electron chi connectivity index (χ2n) is 4.42. The predicted octanol–water partition coefficient (Wildman–Crippen LogP) is 2.94. The van der Waals surface area contributed by atoms with E-state index in [1.54, 1.807) is 0 Å². The van der Waals surface area contributed by atoms with Crippen LogP contribution in [0.25, 0.3) is 10.9 Å². The first-order valence-electron chi connectivity index (χ1n) is 6.31. The van der Waals surface area contributed by atoms with Crippen LogP contribution < -0.4 is 5.32 Å². The van der Waals surface area contributed by atoms with E-state index in [0.29, 0.717) is 0 Å². The van der Waals surface area contributed by atoms with Crippen molar-refractivity contribution in [2.75, 3.05) is 7.05 Å². The Bertz CT molecular complexity index is 674. The summed E-state index contributed by atoms with van der Waals surface area (Å²) in [6.07, 6.45) is 5.47. The molecule has 1 aromatic carbocycles. The van der Waals surface area contributed by atoms with E-state index < -0.39 is 0 Å². The summed E-state index contributed by atoms with van der Waals surface area (Å²) < 4.78 is 0. The molecule has 3 aromatic rings. The first-order chi connectivity index (χ1) is 9.40. The van der Waals surface area contributed by atoms with E-state index in [9.17, 15) is 0 Å². The first kappa shape index (κ1) is 11.8. The molecule has 2 heterocycles. The molecule has 0 radical (unpaired) electrons. The Morgan fingerprint density at radius 2 is 1.79 bits per heavy atom. The van der Waals surface area contributed by atoms with Gasteiger partial charge in [0.05, 0.1) is 11.6 Å². The molecule has 0 aliphatic heterocycles. The third-order valence-corrected chi connectivity index (χ3v) is 3.32. The second kappa shape index (κ2) is 5.16. The monoisotopic (exact) mass is 249 g/mol. The van der Waals surface area contributed by atoms with Crippen molar-refractivity contribution in [1.82, 2.24) is 15.3 Å². The van der Waals surface area contributed by atoms with Gasteiger partial charge in [0, 0.05) is 24.0 Å². The van der Waals surface area contributed by atoms with Gasteiger partial charge < -0.3 is 5.32 Å². The summed E-state index contributed by atoms with van der Waals surface area (Å²) in [5, 5.41) is 4.55. The smallest absolute Gasteiger partial charge is 0.0705 e.